The molecule has 1 aromatic heterocycles. The van der Waals surface area contributed by atoms with E-state index in [-0.39, 0.29) is 22.1 Å². The van der Waals surface area contributed by atoms with Crippen LogP contribution in [0.15, 0.2) is 29.2 Å². The molecule has 0 saturated carbocycles. The Balaban J connectivity index is 2.68. The summed E-state index contributed by atoms with van der Waals surface area (Å²) in [7, 11) is -4.60. The van der Waals surface area contributed by atoms with Crippen LogP contribution in [0.4, 0.5) is 13.2 Å². The highest BCUT2D eigenvalue weighted by Gasteiger charge is 2.51. The van der Waals surface area contributed by atoms with E-state index in [1.54, 1.807) is 6.92 Å². The molecule has 0 amide bonds. The fourth-order valence-corrected chi connectivity index (χ4v) is 4.06. The van der Waals surface area contributed by atoms with Gasteiger partial charge in [-0.15, -0.1) is 0 Å². The van der Waals surface area contributed by atoms with Crippen molar-refractivity contribution in [3.63, 3.8) is 0 Å². The first-order chi connectivity index (χ1) is 10.9. The Kier molecular flexibility index (Phi) is 4.58. The number of carbonyl (C=O) groups excluding carboxylic acids is 1. The van der Waals surface area contributed by atoms with Crippen LogP contribution in [0.25, 0.3) is 0 Å². The zero-order valence-electron chi connectivity index (χ0n) is 13.1. The van der Waals surface area contributed by atoms with E-state index in [0.717, 1.165) is 5.56 Å². The number of aryl methyl sites for hydroxylation is 3. The molecule has 0 bridgehead atoms. The molecule has 130 valence electrons. The van der Waals surface area contributed by atoms with Crippen LogP contribution >= 0.6 is 0 Å². The molecule has 1 atom stereocenters. The zero-order chi connectivity index (χ0) is 18.3. The second kappa shape index (κ2) is 6.04. The molecule has 0 spiro atoms. The zero-order valence-corrected chi connectivity index (χ0v) is 13.9. The van der Waals surface area contributed by atoms with Crippen molar-refractivity contribution < 1.29 is 26.4 Å². The number of hydrogen-bond donors (Lipinski definition) is 1. The lowest BCUT2D eigenvalue weighted by Gasteiger charge is -2.18. The van der Waals surface area contributed by atoms with Crippen LogP contribution in [0, 0.1) is 20.8 Å². The van der Waals surface area contributed by atoms with Gasteiger partial charge in [0.05, 0.1) is 16.3 Å². The van der Waals surface area contributed by atoms with E-state index < -0.39 is 27.0 Å². The van der Waals surface area contributed by atoms with E-state index >= 15 is 0 Å². The summed E-state index contributed by atoms with van der Waals surface area (Å²) in [6.07, 6.45) is -5.30. The topological polar surface area (TPSA) is 79.9 Å². The number of aromatic amines is 1. The number of H-pyrrole nitrogens is 1. The molecule has 2 aromatic rings. The molecule has 24 heavy (non-hydrogen) atoms. The fourth-order valence-electron chi connectivity index (χ4n) is 2.32. The number of rotatable bonds is 4. The van der Waals surface area contributed by atoms with Gasteiger partial charge in [-0.25, -0.2) is 13.4 Å². The van der Waals surface area contributed by atoms with Crippen LogP contribution in [0.1, 0.15) is 28.0 Å². The van der Waals surface area contributed by atoms with Crippen LogP contribution in [-0.2, 0) is 14.6 Å². The Bertz CT molecular complexity index is 868. The van der Waals surface area contributed by atoms with Gasteiger partial charge < -0.3 is 4.98 Å². The minimum atomic E-state index is -5.30. The maximum absolute atomic E-state index is 13.0. The Morgan fingerprint density at radius 1 is 1.12 bits per heavy atom. The van der Waals surface area contributed by atoms with Gasteiger partial charge in [-0.3, -0.25) is 4.79 Å². The van der Waals surface area contributed by atoms with E-state index in [4.69, 9.17) is 0 Å². The average Bonchev–Trinajstić information content (AvgIpc) is 2.77. The third-order valence-electron chi connectivity index (χ3n) is 3.48. The van der Waals surface area contributed by atoms with Gasteiger partial charge in [0.1, 0.15) is 5.82 Å². The van der Waals surface area contributed by atoms with Crippen molar-refractivity contribution in [2.24, 2.45) is 0 Å². The number of halogens is 3. The molecule has 0 radical (unpaired) electrons. The number of nitrogens with zero attached hydrogens (tertiary/aromatic N) is 1. The van der Waals surface area contributed by atoms with Crippen LogP contribution in [0.2, 0.25) is 0 Å². The number of carbonyl (C=O) groups is 1. The monoisotopic (exact) mass is 360 g/mol. The third kappa shape index (κ3) is 3.35. The van der Waals surface area contributed by atoms with Gasteiger partial charge in [-0.05, 0) is 32.9 Å². The van der Waals surface area contributed by atoms with Crippen molar-refractivity contribution in [1.29, 1.82) is 0 Å². The predicted octanol–water partition coefficient (Wildman–Crippen LogP) is 2.98. The summed E-state index contributed by atoms with van der Waals surface area (Å²) in [5, 5.41) is -2.42. The number of Topliss-reactive ketones (excluding diaryl/α,β-unsaturated/α-hetero) is 1. The number of alkyl halides is 3. The largest absolute Gasteiger partial charge is 0.451 e. The smallest absolute Gasteiger partial charge is 0.344 e. The number of benzene rings is 1. The van der Waals surface area contributed by atoms with Gasteiger partial charge in [0.25, 0.3) is 5.78 Å². The Labute approximate surface area is 136 Å². The van der Waals surface area contributed by atoms with E-state index in [0.29, 0.717) is 0 Å². The summed E-state index contributed by atoms with van der Waals surface area (Å²) in [5.41, 5.74) is 0.405. The van der Waals surface area contributed by atoms with Crippen molar-refractivity contribution >= 4 is 15.6 Å². The summed E-state index contributed by atoms with van der Waals surface area (Å²) in [5.74, 6) is -2.13. The second-order valence-corrected chi connectivity index (χ2v) is 7.45. The highest BCUT2D eigenvalue weighted by atomic mass is 32.2. The average molecular weight is 360 g/mol. The van der Waals surface area contributed by atoms with Crippen LogP contribution in [-0.4, -0.2) is 30.3 Å². The number of ketones is 1. The van der Waals surface area contributed by atoms with E-state index in [1.807, 2.05) is 0 Å². The molecule has 0 saturated heterocycles. The van der Waals surface area contributed by atoms with Crippen LogP contribution < -0.4 is 0 Å². The molecule has 9 heteroatoms. The Hall–Kier alpha value is -2.16. The van der Waals surface area contributed by atoms with Crippen LogP contribution in [0.3, 0.4) is 0 Å². The molecule has 1 unspecified atom stereocenters. The Morgan fingerprint density at radius 3 is 2.08 bits per heavy atom. The van der Waals surface area contributed by atoms with Crippen molar-refractivity contribution in [3.8, 4) is 0 Å². The lowest BCUT2D eigenvalue weighted by Crippen LogP contribution is -2.34. The molecule has 1 heterocycles. The molecule has 1 aromatic carbocycles. The number of nitrogens with one attached hydrogen (secondary N) is 1. The molecular formula is C15H15F3N2O3S. The molecule has 2 rings (SSSR count). The predicted molar refractivity (Wildman–Crippen MR) is 80.2 cm³/mol. The summed E-state index contributed by atoms with van der Waals surface area (Å²) >= 11 is 0. The molecule has 0 aliphatic carbocycles. The standard InChI is InChI=1S/C15H15F3N2O3S/c1-8-4-6-11(7-5-8)24(22,23)13(14(21)15(16,17)18)12-9(2)19-10(3)20-12/h4-7,13H,1-3H3,(H,19,20). The first kappa shape index (κ1) is 18.2. The summed E-state index contributed by atoms with van der Waals surface area (Å²) < 4.78 is 64.4. The third-order valence-corrected chi connectivity index (χ3v) is 5.48. The summed E-state index contributed by atoms with van der Waals surface area (Å²) in [6, 6.07) is 5.26. The lowest BCUT2D eigenvalue weighted by atomic mass is 10.2. The van der Waals surface area contributed by atoms with Gasteiger partial charge in [-0.2, -0.15) is 13.2 Å². The maximum atomic E-state index is 13.0. The van der Waals surface area contributed by atoms with Crippen molar-refractivity contribution in [3.05, 3.63) is 47.0 Å². The lowest BCUT2D eigenvalue weighted by molar-refractivity contribution is -0.170. The summed E-state index contributed by atoms with van der Waals surface area (Å²) in [6.45, 7) is 4.52. The number of imidazole rings is 1. The quantitative estimate of drug-likeness (QED) is 0.909. The molecular weight excluding hydrogens is 345 g/mol. The van der Waals surface area contributed by atoms with Gasteiger partial charge >= 0.3 is 6.18 Å². The van der Waals surface area contributed by atoms with E-state index in [9.17, 15) is 26.4 Å². The fraction of sp³-hybridized carbons (Fsp3) is 0.333. The highest BCUT2D eigenvalue weighted by molar-refractivity contribution is 7.92. The van der Waals surface area contributed by atoms with E-state index in [1.165, 1.54) is 38.1 Å². The summed E-state index contributed by atoms with van der Waals surface area (Å²) in [4.78, 5) is 17.9. The highest BCUT2D eigenvalue weighted by Crippen LogP contribution is 2.36. The second-order valence-electron chi connectivity index (χ2n) is 5.42. The van der Waals surface area contributed by atoms with Crippen molar-refractivity contribution in [1.82, 2.24) is 9.97 Å². The minimum Gasteiger partial charge on any atom is -0.344 e. The number of hydrogen-bond acceptors (Lipinski definition) is 4. The van der Waals surface area contributed by atoms with Gasteiger partial charge in [0.2, 0.25) is 0 Å². The molecule has 1 N–H and O–H groups in total. The molecule has 0 aliphatic heterocycles. The minimum absolute atomic E-state index is 0.0331. The Morgan fingerprint density at radius 2 is 1.67 bits per heavy atom. The van der Waals surface area contributed by atoms with Crippen molar-refractivity contribution in [2.45, 2.75) is 37.1 Å². The molecule has 5 nitrogen and oxygen atoms in total. The normalized spacial score (nSPS) is 13.8. The van der Waals surface area contributed by atoms with Gasteiger partial charge in [-0.1, -0.05) is 17.7 Å². The number of aromatic nitrogens is 2. The van der Waals surface area contributed by atoms with Crippen molar-refractivity contribution in [2.75, 3.05) is 0 Å². The molecule has 0 aliphatic rings. The van der Waals surface area contributed by atoms with Gasteiger partial charge in [0, 0.05) is 0 Å². The SMILES string of the molecule is Cc1ccc(S(=O)(=O)C(C(=O)C(F)(F)F)c2[nH]c(C)nc2C)cc1. The first-order valence-electron chi connectivity index (χ1n) is 6.89. The van der Waals surface area contributed by atoms with Crippen LogP contribution in [0.5, 0.6) is 0 Å². The number of sulfone groups is 1. The first-order valence-corrected chi connectivity index (χ1v) is 8.44. The molecule has 0 fully saturated rings. The van der Waals surface area contributed by atoms with Gasteiger partial charge in [0.15, 0.2) is 15.1 Å². The maximum Gasteiger partial charge on any atom is 0.451 e. The van der Waals surface area contributed by atoms with E-state index in [2.05, 4.69) is 9.97 Å².